The third-order valence-electron chi connectivity index (χ3n) is 1.78. The Morgan fingerprint density at radius 1 is 1.64 bits per heavy atom. The molecule has 0 fully saturated rings. The highest BCUT2D eigenvalue weighted by atomic mass is 16.5. The molecule has 0 atom stereocenters. The molecule has 0 aromatic heterocycles. The highest BCUT2D eigenvalue weighted by Crippen LogP contribution is 2.17. The van der Waals surface area contributed by atoms with Gasteiger partial charge in [0.05, 0.1) is 25.2 Å². The topological polar surface area (TPSA) is 70.3 Å². The van der Waals surface area contributed by atoms with E-state index in [4.69, 9.17) is 15.1 Å². The summed E-state index contributed by atoms with van der Waals surface area (Å²) in [5.74, 6) is -0.401. The van der Waals surface area contributed by atoms with Crippen molar-refractivity contribution in [3.05, 3.63) is 29.3 Å². The second-order valence-electron chi connectivity index (χ2n) is 2.71. The summed E-state index contributed by atoms with van der Waals surface area (Å²) in [6.45, 7) is 0. The molecule has 4 heteroatoms. The van der Waals surface area contributed by atoms with Crippen LogP contribution in [0.3, 0.4) is 0 Å². The molecule has 4 nitrogen and oxygen atoms in total. The molecule has 0 saturated carbocycles. The van der Waals surface area contributed by atoms with Crippen LogP contribution in [-0.4, -0.2) is 18.2 Å². The van der Waals surface area contributed by atoms with E-state index in [9.17, 15) is 4.79 Å². The van der Waals surface area contributed by atoms with E-state index in [-0.39, 0.29) is 6.42 Å². The summed E-state index contributed by atoms with van der Waals surface area (Å²) < 4.78 is 4.92. The molecule has 1 aromatic carbocycles. The van der Waals surface area contributed by atoms with Crippen LogP contribution in [0.1, 0.15) is 11.1 Å². The lowest BCUT2D eigenvalue weighted by atomic mass is 10.1. The van der Waals surface area contributed by atoms with Gasteiger partial charge in [0.25, 0.3) is 0 Å². The predicted molar refractivity (Wildman–Crippen MR) is 49.0 cm³/mol. The van der Waals surface area contributed by atoms with Crippen LogP contribution >= 0.6 is 0 Å². The molecule has 0 amide bonds. The molecule has 0 heterocycles. The van der Waals surface area contributed by atoms with Gasteiger partial charge in [-0.2, -0.15) is 5.26 Å². The average molecular weight is 191 g/mol. The Morgan fingerprint density at radius 2 is 2.36 bits per heavy atom. The quantitative estimate of drug-likeness (QED) is 0.779. The summed E-state index contributed by atoms with van der Waals surface area (Å²) in [4.78, 5) is 10.5. The summed E-state index contributed by atoms with van der Waals surface area (Å²) in [5.41, 5.74) is 0.840. The molecule has 0 bridgehead atoms. The van der Waals surface area contributed by atoms with Crippen molar-refractivity contribution in [3.63, 3.8) is 0 Å². The Morgan fingerprint density at radius 3 is 2.86 bits per heavy atom. The standard InChI is InChI=1S/C10H9NO3/c1-14-9-3-2-7(5-10(12)13)8(4-9)6-11/h2-4H,5H2,1H3,(H,12,13). The van der Waals surface area contributed by atoms with Gasteiger partial charge in [0.2, 0.25) is 0 Å². The van der Waals surface area contributed by atoms with Crippen molar-refractivity contribution >= 4 is 5.97 Å². The Kier molecular flexibility index (Phi) is 3.08. The minimum Gasteiger partial charge on any atom is -0.497 e. The fourth-order valence-electron chi connectivity index (χ4n) is 1.10. The molecule has 1 N–H and O–H groups in total. The number of benzene rings is 1. The lowest BCUT2D eigenvalue weighted by molar-refractivity contribution is -0.136. The van der Waals surface area contributed by atoms with Gasteiger partial charge in [-0.3, -0.25) is 4.79 Å². The van der Waals surface area contributed by atoms with Crippen LogP contribution in [0.15, 0.2) is 18.2 Å². The SMILES string of the molecule is COc1ccc(CC(=O)O)c(C#N)c1. The van der Waals surface area contributed by atoms with Crippen LogP contribution in [0.5, 0.6) is 5.75 Å². The summed E-state index contributed by atoms with van der Waals surface area (Å²) in [5, 5.41) is 17.3. The predicted octanol–water partition coefficient (Wildman–Crippen LogP) is 1.19. The number of carboxylic acids is 1. The van der Waals surface area contributed by atoms with Crippen molar-refractivity contribution < 1.29 is 14.6 Å². The van der Waals surface area contributed by atoms with Gasteiger partial charge in [0.15, 0.2) is 0 Å². The third-order valence-corrected chi connectivity index (χ3v) is 1.78. The number of carboxylic acid groups (broad SMARTS) is 1. The zero-order valence-electron chi connectivity index (χ0n) is 7.65. The summed E-state index contributed by atoms with van der Waals surface area (Å²) in [6.07, 6.45) is -0.146. The Bertz CT molecular complexity index is 393. The third kappa shape index (κ3) is 2.23. The van der Waals surface area contributed by atoms with Crippen LogP contribution in [0.2, 0.25) is 0 Å². The molecule has 0 saturated heterocycles. The van der Waals surface area contributed by atoms with E-state index >= 15 is 0 Å². The number of nitrogens with zero attached hydrogens (tertiary/aromatic N) is 1. The number of ether oxygens (including phenoxy) is 1. The van der Waals surface area contributed by atoms with E-state index in [1.807, 2.05) is 6.07 Å². The van der Waals surface area contributed by atoms with Crippen LogP contribution in [0.4, 0.5) is 0 Å². The fourth-order valence-corrected chi connectivity index (χ4v) is 1.10. The Hall–Kier alpha value is -2.02. The van der Waals surface area contributed by atoms with Crippen LogP contribution in [0.25, 0.3) is 0 Å². The number of nitriles is 1. The first-order valence-corrected chi connectivity index (χ1v) is 3.96. The number of carbonyl (C=O) groups is 1. The monoisotopic (exact) mass is 191 g/mol. The maximum atomic E-state index is 10.5. The molecule has 72 valence electrons. The Labute approximate surface area is 81.4 Å². The first-order chi connectivity index (χ1) is 6.67. The minimum atomic E-state index is -0.952. The molecular formula is C10H9NO3. The second kappa shape index (κ2) is 4.28. The molecule has 0 spiro atoms. The first kappa shape index (κ1) is 10.1. The number of hydrogen-bond donors (Lipinski definition) is 1. The molecule has 0 aliphatic rings. The maximum absolute atomic E-state index is 10.5. The van der Waals surface area contributed by atoms with E-state index < -0.39 is 5.97 Å². The van der Waals surface area contributed by atoms with E-state index in [1.54, 1.807) is 12.1 Å². The highest BCUT2D eigenvalue weighted by Gasteiger charge is 2.07. The Balaban J connectivity index is 3.07. The van der Waals surface area contributed by atoms with E-state index in [2.05, 4.69) is 0 Å². The average Bonchev–Trinajstić information content (AvgIpc) is 2.17. The van der Waals surface area contributed by atoms with Crippen molar-refractivity contribution in [2.24, 2.45) is 0 Å². The highest BCUT2D eigenvalue weighted by molar-refractivity contribution is 5.71. The van der Waals surface area contributed by atoms with Crippen molar-refractivity contribution in [1.82, 2.24) is 0 Å². The molecule has 1 aromatic rings. The smallest absolute Gasteiger partial charge is 0.307 e. The van der Waals surface area contributed by atoms with E-state index in [1.165, 1.54) is 13.2 Å². The van der Waals surface area contributed by atoms with Crippen LogP contribution in [-0.2, 0) is 11.2 Å². The van der Waals surface area contributed by atoms with Crippen molar-refractivity contribution in [2.75, 3.05) is 7.11 Å². The molecule has 14 heavy (non-hydrogen) atoms. The molecule has 1 rings (SSSR count). The van der Waals surface area contributed by atoms with Gasteiger partial charge in [-0.15, -0.1) is 0 Å². The van der Waals surface area contributed by atoms with E-state index in [0.29, 0.717) is 16.9 Å². The largest absolute Gasteiger partial charge is 0.497 e. The van der Waals surface area contributed by atoms with E-state index in [0.717, 1.165) is 0 Å². The molecule has 0 aliphatic carbocycles. The maximum Gasteiger partial charge on any atom is 0.307 e. The zero-order chi connectivity index (χ0) is 10.6. The van der Waals surface area contributed by atoms with Crippen molar-refractivity contribution in [1.29, 1.82) is 5.26 Å². The van der Waals surface area contributed by atoms with Crippen molar-refractivity contribution in [2.45, 2.75) is 6.42 Å². The summed E-state index contributed by atoms with van der Waals surface area (Å²) >= 11 is 0. The van der Waals surface area contributed by atoms with Gasteiger partial charge in [-0.25, -0.2) is 0 Å². The normalized spacial score (nSPS) is 9.14. The van der Waals surface area contributed by atoms with Crippen LogP contribution < -0.4 is 4.74 Å². The van der Waals surface area contributed by atoms with Gasteiger partial charge >= 0.3 is 5.97 Å². The van der Waals surface area contributed by atoms with Gasteiger partial charge in [-0.1, -0.05) is 6.07 Å². The first-order valence-electron chi connectivity index (χ1n) is 3.96. The number of methoxy groups -OCH3 is 1. The fraction of sp³-hybridized carbons (Fsp3) is 0.200. The minimum absolute atomic E-state index is 0.146. The second-order valence-corrected chi connectivity index (χ2v) is 2.71. The van der Waals surface area contributed by atoms with Gasteiger partial charge in [0, 0.05) is 0 Å². The number of aliphatic carboxylic acids is 1. The molecule has 0 radical (unpaired) electrons. The van der Waals surface area contributed by atoms with Gasteiger partial charge in [0.1, 0.15) is 5.75 Å². The van der Waals surface area contributed by atoms with Gasteiger partial charge < -0.3 is 9.84 Å². The molecule has 0 aliphatic heterocycles. The van der Waals surface area contributed by atoms with Crippen LogP contribution in [0, 0.1) is 11.3 Å². The number of hydrogen-bond acceptors (Lipinski definition) is 3. The lowest BCUT2D eigenvalue weighted by Gasteiger charge is -2.03. The van der Waals surface area contributed by atoms with Gasteiger partial charge in [-0.05, 0) is 17.7 Å². The summed E-state index contributed by atoms with van der Waals surface area (Å²) in [7, 11) is 1.49. The van der Waals surface area contributed by atoms with Crippen molar-refractivity contribution in [3.8, 4) is 11.8 Å². The zero-order valence-corrected chi connectivity index (χ0v) is 7.65. The molecule has 0 unspecified atom stereocenters. The molecular weight excluding hydrogens is 182 g/mol. The number of rotatable bonds is 3. The summed E-state index contributed by atoms with van der Waals surface area (Å²) in [6, 6.07) is 6.69. The lowest BCUT2D eigenvalue weighted by Crippen LogP contribution is -2.02.